The number of nitrogens with zero attached hydrogens (tertiary/aromatic N) is 2. The molecule has 6 nitrogen and oxygen atoms in total. The first-order chi connectivity index (χ1) is 14.7. The normalized spacial score (nSPS) is 23.8. The molecule has 0 spiro atoms. The summed E-state index contributed by atoms with van der Waals surface area (Å²) >= 11 is 0. The minimum atomic E-state index is -2.92. The lowest BCUT2D eigenvalue weighted by Gasteiger charge is -2.38. The minimum Gasteiger partial charge on any atom is -0.435 e. The monoisotopic (exact) mass is 433 g/mol. The molecule has 0 bridgehead atoms. The van der Waals surface area contributed by atoms with Gasteiger partial charge in [0.2, 0.25) is 11.8 Å². The maximum absolute atomic E-state index is 13.8. The number of carbonyl (C=O) groups excluding carboxylic acids is 2. The number of rotatable bonds is 5. The van der Waals surface area contributed by atoms with Crippen LogP contribution in [0.4, 0.5) is 18.9 Å². The van der Waals surface area contributed by atoms with E-state index in [1.807, 2.05) is 6.07 Å². The average molecular weight is 433 g/mol. The van der Waals surface area contributed by atoms with Gasteiger partial charge in [0.15, 0.2) is 0 Å². The van der Waals surface area contributed by atoms with Crippen LogP contribution in [0.15, 0.2) is 48.3 Å². The van der Waals surface area contributed by atoms with Gasteiger partial charge in [-0.3, -0.25) is 9.59 Å². The van der Waals surface area contributed by atoms with E-state index in [2.05, 4.69) is 10.1 Å². The molecule has 0 aromatic heterocycles. The summed E-state index contributed by atoms with van der Waals surface area (Å²) in [6, 6.07) is 7.65. The van der Waals surface area contributed by atoms with Gasteiger partial charge >= 0.3 is 6.61 Å². The Morgan fingerprint density at radius 3 is 2.48 bits per heavy atom. The molecule has 1 fully saturated rings. The first-order valence-corrected chi connectivity index (χ1v) is 9.84. The molecule has 1 saturated heterocycles. The van der Waals surface area contributed by atoms with Crippen LogP contribution in [0.5, 0.6) is 5.75 Å². The lowest BCUT2D eigenvalue weighted by molar-refractivity contribution is -0.142. The Balaban J connectivity index is 1.56. The third-order valence-corrected chi connectivity index (χ3v) is 5.63. The van der Waals surface area contributed by atoms with Crippen LogP contribution < -0.4 is 10.1 Å². The Hall–Kier alpha value is -3.28. The predicted molar refractivity (Wildman–Crippen MR) is 107 cm³/mol. The Morgan fingerprint density at radius 1 is 1.26 bits per heavy atom. The Bertz CT molecular complexity index is 932. The number of piperidine rings is 1. The van der Waals surface area contributed by atoms with E-state index in [1.165, 1.54) is 42.5 Å². The summed E-state index contributed by atoms with van der Waals surface area (Å²) in [7, 11) is 0. The second-order valence-electron chi connectivity index (χ2n) is 7.74. The van der Waals surface area contributed by atoms with E-state index in [1.54, 1.807) is 11.8 Å². The van der Waals surface area contributed by atoms with Crippen LogP contribution in [0.25, 0.3) is 0 Å². The zero-order valence-electron chi connectivity index (χ0n) is 16.9. The van der Waals surface area contributed by atoms with Crippen molar-refractivity contribution < 1.29 is 27.5 Å². The fourth-order valence-electron chi connectivity index (χ4n) is 3.83. The summed E-state index contributed by atoms with van der Waals surface area (Å²) in [5.74, 6) is -2.24. The standard InChI is InChI=1S/C22H22F3N3O3/c1-22(12-16(23)3-2-15(22)13-26)20(30)28-10-8-14(9-11-28)19(29)27-17-4-6-18(7-5-17)31-21(24)25/h2-7,12,14-15,21H,8-11H2,1H3,(H,27,29). The minimum absolute atomic E-state index is 0.00738. The largest absolute Gasteiger partial charge is 0.435 e. The second kappa shape index (κ2) is 9.25. The summed E-state index contributed by atoms with van der Waals surface area (Å²) in [6.07, 6.45) is 4.60. The number of hydrogen-bond donors (Lipinski definition) is 1. The number of benzene rings is 1. The van der Waals surface area contributed by atoms with E-state index in [0.717, 1.165) is 0 Å². The zero-order valence-corrected chi connectivity index (χ0v) is 16.9. The number of nitrogens with one attached hydrogen (secondary N) is 1. The number of allylic oxidation sites excluding steroid dienone is 3. The van der Waals surface area contributed by atoms with Crippen molar-refractivity contribution >= 4 is 17.5 Å². The summed E-state index contributed by atoms with van der Waals surface area (Å²) in [5, 5.41) is 12.1. The van der Waals surface area contributed by atoms with Gasteiger partial charge in [-0.25, -0.2) is 4.39 Å². The number of anilines is 1. The lowest BCUT2D eigenvalue weighted by atomic mass is 9.73. The van der Waals surface area contributed by atoms with E-state index in [9.17, 15) is 28.0 Å². The molecule has 1 N–H and O–H groups in total. The van der Waals surface area contributed by atoms with Gasteiger partial charge in [0.1, 0.15) is 11.6 Å². The van der Waals surface area contributed by atoms with E-state index >= 15 is 0 Å². The van der Waals surface area contributed by atoms with Gasteiger partial charge in [0, 0.05) is 24.7 Å². The molecule has 1 aliphatic carbocycles. The van der Waals surface area contributed by atoms with E-state index in [0.29, 0.717) is 31.6 Å². The molecular formula is C22H22F3N3O3. The maximum Gasteiger partial charge on any atom is 0.387 e. The molecule has 2 aliphatic rings. The van der Waals surface area contributed by atoms with Crippen LogP contribution in [-0.2, 0) is 9.59 Å². The summed E-state index contributed by atoms with van der Waals surface area (Å²) < 4.78 is 42.5. The van der Waals surface area contributed by atoms with Crippen LogP contribution in [0, 0.1) is 28.6 Å². The van der Waals surface area contributed by atoms with E-state index in [-0.39, 0.29) is 23.5 Å². The molecule has 2 amide bonds. The second-order valence-corrected chi connectivity index (χ2v) is 7.74. The van der Waals surface area contributed by atoms with Crippen molar-refractivity contribution in [3.8, 4) is 11.8 Å². The first-order valence-electron chi connectivity index (χ1n) is 9.84. The summed E-state index contributed by atoms with van der Waals surface area (Å²) in [4.78, 5) is 27.1. The van der Waals surface area contributed by atoms with Crippen molar-refractivity contribution in [1.82, 2.24) is 4.90 Å². The highest BCUT2D eigenvalue weighted by atomic mass is 19.3. The number of alkyl halides is 2. The fraction of sp³-hybridized carbons (Fsp3) is 0.409. The molecule has 3 rings (SSSR count). The van der Waals surface area contributed by atoms with Crippen LogP contribution in [0.1, 0.15) is 19.8 Å². The van der Waals surface area contributed by atoms with E-state index in [4.69, 9.17) is 0 Å². The Kier molecular flexibility index (Phi) is 6.68. The Labute approximate surface area is 178 Å². The van der Waals surface area contributed by atoms with Gasteiger partial charge in [-0.2, -0.15) is 14.0 Å². The molecule has 31 heavy (non-hydrogen) atoms. The molecule has 1 aliphatic heterocycles. The number of carbonyl (C=O) groups is 2. The molecule has 1 aromatic rings. The number of likely N-dealkylation sites (tertiary alicyclic amines) is 1. The van der Waals surface area contributed by atoms with Crippen molar-refractivity contribution in [3.05, 3.63) is 48.3 Å². The highest BCUT2D eigenvalue weighted by Gasteiger charge is 2.44. The van der Waals surface area contributed by atoms with Crippen molar-refractivity contribution in [1.29, 1.82) is 5.26 Å². The average Bonchev–Trinajstić information content (AvgIpc) is 2.74. The van der Waals surface area contributed by atoms with Gasteiger partial charge in [-0.15, -0.1) is 0 Å². The quantitative estimate of drug-likeness (QED) is 0.760. The smallest absolute Gasteiger partial charge is 0.387 e. The zero-order chi connectivity index (χ0) is 22.6. The van der Waals surface area contributed by atoms with Gasteiger partial charge in [0.25, 0.3) is 0 Å². The molecule has 1 aromatic carbocycles. The van der Waals surface area contributed by atoms with Crippen LogP contribution in [0.3, 0.4) is 0 Å². The van der Waals surface area contributed by atoms with Crippen molar-refractivity contribution in [2.75, 3.05) is 18.4 Å². The highest BCUT2D eigenvalue weighted by Crippen LogP contribution is 2.38. The predicted octanol–water partition coefficient (Wildman–Crippen LogP) is 4.03. The molecule has 1 heterocycles. The molecular weight excluding hydrogens is 411 g/mol. The van der Waals surface area contributed by atoms with Gasteiger partial charge in [0.05, 0.1) is 17.4 Å². The number of ether oxygens (including phenoxy) is 1. The van der Waals surface area contributed by atoms with Crippen LogP contribution >= 0.6 is 0 Å². The van der Waals surface area contributed by atoms with Crippen LogP contribution in [-0.4, -0.2) is 36.4 Å². The molecule has 0 radical (unpaired) electrons. The number of hydrogen-bond acceptors (Lipinski definition) is 4. The van der Waals surface area contributed by atoms with Gasteiger partial charge in [-0.1, -0.05) is 6.08 Å². The summed E-state index contributed by atoms with van der Waals surface area (Å²) in [5.41, 5.74) is -0.839. The number of halogens is 3. The summed E-state index contributed by atoms with van der Waals surface area (Å²) in [6.45, 7) is -0.752. The van der Waals surface area contributed by atoms with E-state index < -0.39 is 23.8 Å². The fourth-order valence-corrected chi connectivity index (χ4v) is 3.83. The third kappa shape index (κ3) is 5.08. The maximum atomic E-state index is 13.8. The highest BCUT2D eigenvalue weighted by molar-refractivity contribution is 5.93. The molecule has 2 unspecified atom stereocenters. The van der Waals surface area contributed by atoms with Crippen molar-refractivity contribution in [3.63, 3.8) is 0 Å². The van der Waals surface area contributed by atoms with Crippen molar-refractivity contribution in [2.45, 2.75) is 26.4 Å². The Morgan fingerprint density at radius 2 is 1.90 bits per heavy atom. The molecule has 2 atom stereocenters. The van der Waals surface area contributed by atoms with Gasteiger partial charge in [-0.05, 0) is 56.2 Å². The number of nitriles is 1. The van der Waals surface area contributed by atoms with Gasteiger partial charge < -0.3 is 15.0 Å². The lowest BCUT2D eigenvalue weighted by Crippen LogP contribution is -2.49. The third-order valence-electron chi connectivity index (χ3n) is 5.63. The molecule has 9 heteroatoms. The van der Waals surface area contributed by atoms with Crippen molar-refractivity contribution in [2.24, 2.45) is 17.3 Å². The topological polar surface area (TPSA) is 82.4 Å². The number of amides is 2. The first kappa shape index (κ1) is 22.4. The SMILES string of the molecule is CC1(C(=O)N2CCC(C(=O)Nc3ccc(OC(F)F)cc3)CC2)C=C(F)C=CC1C#N. The van der Waals surface area contributed by atoms with Crippen LogP contribution in [0.2, 0.25) is 0 Å². The molecule has 164 valence electrons. The molecule has 0 saturated carbocycles.